The van der Waals surface area contributed by atoms with Crippen LogP contribution < -0.4 is 9.47 Å². The summed E-state index contributed by atoms with van der Waals surface area (Å²) in [5, 5.41) is 0. The zero-order chi connectivity index (χ0) is 22.8. The highest BCUT2D eigenvalue weighted by Gasteiger charge is 2.29. The summed E-state index contributed by atoms with van der Waals surface area (Å²) in [6.07, 6.45) is 8.94. The topological polar surface area (TPSA) is 61.8 Å². The van der Waals surface area contributed by atoms with Gasteiger partial charge in [0, 0.05) is 0 Å². The fraction of sp³-hybridized carbons (Fsp3) is 0.481. The Morgan fingerprint density at radius 3 is 2.25 bits per heavy atom. The van der Waals surface area contributed by atoms with Crippen LogP contribution in [-0.2, 0) is 9.53 Å². The van der Waals surface area contributed by atoms with Crippen LogP contribution in [-0.4, -0.2) is 24.6 Å². The number of unbranched alkanes of at least 4 members (excludes halogenated alkanes) is 5. The summed E-state index contributed by atoms with van der Waals surface area (Å²) in [6, 6.07) is 14.1. The number of carbonyl (C=O) groups excluding carboxylic acids is 2. The third kappa shape index (κ3) is 7.11. The first-order valence-corrected chi connectivity index (χ1v) is 11.8. The minimum atomic E-state index is -0.425. The summed E-state index contributed by atoms with van der Waals surface area (Å²) < 4.78 is 16.6. The predicted octanol–water partition coefficient (Wildman–Crippen LogP) is 6.45. The number of ether oxygens (including phenoxy) is 3. The van der Waals surface area contributed by atoms with Crippen LogP contribution >= 0.6 is 0 Å². The van der Waals surface area contributed by atoms with Crippen LogP contribution in [0.5, 0.6) is 11.5 Å². The summed E-state index contributed by atoms with van der Waals surface area (Å²) in [4.78, 5) is 24.5. The Morgan fingerprint density at radius 2 is 1.56 bits per heavy atom. The van der Waals surface area contributed by atoms with Crippen LogP contribution in [0.4, 0.5) is 0 Å². The van der Waals surface area contributed by atoms with E-state index in [1.807, 2.05) is 19.1 Å². The van der Waals surface area contributed by atoms with E-state index in [1.165, 1.54) is 32.1 Å². The standard InChI is InChI=1S/C27H34O5/c1-3-4-5-6-7-8-19-30-23-14-12-22(13-15-23)26(28)32-24-16-10-21(11-17-24)25-18-9-20(2)31-27(25)29/h10-17,20,25H,3-9,18-19H2,1-2H3/t20-,25-/m0/s1. The fourth-order valence-corrected chi connectivity index (χ4v) is 3.86. The van der Waals surface area contributed by atoms with Crippen LogP contribution in [0.25, 0.3) is 0 Å². The first kappa shape index (κ1) is 23.8. The Balaban J connectivity index is 1.44. The monoisotopic (exact) mass is 438 g/mol. The number of rotatable bonds is 11. The van der Waals surface area contributed by atoms with E-state index in [2.05, 4.69) is 6.92 Å². The van der Waals surface area contributed by atoms with Gasteiger partial charge < -0.3 is 14.2 Å². The first-order chi connectivity index (χ1) is 15.6. The van der Waals surface area contributed by atoms with Crippen molar-refractivity contribution in [3.05, 3.63) is 59.7 Å². The van der Waals surface area contributed by atoms with Crippen LogP contribution in [0.15, 0.2) is 48.5 Å². The van der Waals surface area contributed by atoms with Gasteiger partial charge in [-0.2, -0.15) is 0 Å². The summed E-state index contributed by atoms with van der Waals surface area (Å²) in [7, 11) is 0. The van der Waals surface area contributed by atoms with E-state index in [0.717, 1.165) is 30.6 Å². The van der Waals surface area contributed by atoms with Gasteiger partial charge in [-0.3, -0.25) is 4.79 Å². The molecular weight excluding hydrogens is 404 g/mol. The van der Waals surface area contributed by atoms with Gasteiger partial charge in [0.2, 0.25) is 0 Å². The van der Waals surface area contributed by atoms with E-state index in [4.69, 9.17) is 14.2 Å². The molecule has 3 rings (SSSR count). The number of esters is 2. The lowest BCUT2D eigenvalue weighted by Crippen LogP contribution is -2.27. The van der Waals surface area contributed by atoms with Crippen LogP contribution in [0.3, 0.4) is 0 Å². The minimum absolute atomic E-state index is 0.0219. The van der Waals surface area contributed by atoms with Gasteiger partial charge in [0.1, 0.15) is 11.5 Å². The van der Waals surface area contributed by atoms with Crippen molar-refractivity contribution < 1.29 is 23.8 Å². The highest BCUT2D eigenvalue weighted by Crippen LogP contribution is 2.30. The van der Waals surface area contributed by atoms with Crippen molar-refractivity contribution in [3.8, 4) is 11.5 Å². The van der Waals surface area contributed by atoms with Crippen molar-refractivity contribution in [1.29, 1.82) is 0 Å². The first-order valence-electron chi connectivity index (χ1n) is 11.8. The molecule has 172 valence electrons. The van der Waals surface area contributed by atoms with Crippen molar-refractivity contribution >= 4 is 11.9 Å². The second-order valence-electron chi connectivity index (χ2n) is 8.48. The number of hydrogen-bond donors (Lipinski definition) is 0. The molecule has 2 atom stereocenters. The average Bonchev–Trinajstić information content (AvgIpc) is 2.79. The molecule has 0 saturated carbocycles. The number of cyclic esters (lactones) is 1. The summed E-state index contributed by atoms with van der Waals surface area (Å²) in [6.45, 7) is 4.82. The van der Waals surface area contributed by atoms with Crippen molar-refractivity contribution in [2.75, 3.05) is 6.61 Å². The molecule has 0 aromatic heterocycles. The largest absolute Gasteiger partial charge is 0.494 e. The van der Waals surface area contributed by atoms with Gasteiger partial charge in [0.05, 0.1) is 24.2 Å². The van der Waals surface area contributed by atoms with Crippen LogP contribution in [0.1, 0.15) is 87.1 Å². The van der Waals surface area contributed by atoms with Gasteiger partial charge in [0.15, 0.2) is 0 Å². The Kier molecular flexibility index (Phi) is 9.14. The normalized spacial score (nSPS) is 18.1. The van der Waals surface area contributed by atoms with Gasteiger partial charge in [0.25, 0.3) is 0 Å². The Bertz CT molecular complexity index is 857. The molecule has 0 bridgehead atoms. The van der Waals surface area contributed by atoms with Gasteiger partial charge >= 0.3 is 11.9 Å². The van der Waals surface area contributed by atoms with Gasteiger partial charge in [-0.05, 0) is 68.1 Å². The quantitative estimate of drug-likeness (QED) is 0.229. The lowest BCUT2D eigenvalue weighted by molar-refractivity contribution is -0.155. The lowest BCUT2D eigenvalue weighted by Gasteiger charge is -2.26. The van der Waals surface area contributed by atoms with E-state index in [9.17, 15) is 9.59 Å². The highest BCUT2D eigenvalue weighted by atomic mass is 16.5. The SMILES string of the molecule is CCCCCCCCOc1ccc(C(=O)Oc2ccc([C@@H]3CC[C@H](C)OC3=O)cc2)cc1. The van der Waals surface area contributed by atoms with E-state index >= 15 is 0 Å². The number of carbonyl (C=O) groups is 2. The molecule has 1 aliphatic rings. The molecule has 1 heterocycles. The van der Waals surface area contributed by atoms with E-state index in [0.29, 0.717) is 17.9 Å². The average molecular weight is 439 g/mol. The molecular formula is C27H34O5. The number of benzene rings is 2. The van der Waals surface area contributed by atoms with Gasteiger partial charge in [-0.25, -0.2) is 4.79 Å². The Hall–Kier alpha value is -2.82. The highest BCUT2D eigenvalue weighted by molar-refractivity contribution is 5.91. The maximum absolute atomic E-state index is 12.4. The zero-order valence-electron chi connectivity index (χ0n) is 19.2. The minimum Gasteiger partial charge on any atom is -0.494 e. The van der Waals surface area contributed by atoms with E-state index in [-0.39, 0.29) is 18.0 Å². The number of hydrogen-bond acceptors (Lipinski definition) is 5. The molecule has 0 aliphatic carbocycles. The summed E-state index contributed by atoms with van der Waals surface area (Å²) >= 11 is 0. The molecule has 1 aliphatic heterocycles. The summed E-state index contributed by atoms with van der Waals surface area (Å²) in [5.74, 6) is 0.339. The van der Waals surface area contributed by atoms with E-state index < -0.39 is 5.97 Å². The molecule has 1 fully saturated rings. The fourth-order valence-electron chi connectivity index (χ4n) is 3.86. The molecule has 32 heavy (non-hydrogen) atoms. The molecule has 0 spiro atoms. The second kappa shape index (κ2) is 12.3. The molecule has 5 heteroatoms. The molecule has 0 unspecified atom stereocenters. The van der Waals surface area contributed by atoms with E-state index in [1.54, 1.807) is 36.4 Å². The Labute approximate surface area is 191 Å². The van der Waals surface area contributed by atoms with Gasteiger partial charge in [-0.1, -0.05) is 51.2 Å². The van der Waals surface area contributed by atoms with Crippen LogP contribution in [0.2, 0.25) is 0 Å². The second-order valence-corrected chi connectivity index (χ2v) is 8.48. The maximum atomic E-state index is 12.4. The van der Waals surface area contributed by atoms with Crippen molar-refractivity contribution in [2.24, 2.45) is 0 Å². The van der Waals surface area contributed by atoms with Crippen molar-refractivity contribution in [1.82, 2.24) is 0 Å². The maximum Gasteiger partial charge on any atom is 0.343 e. The molecule has 0 amide bonds. The molecule has 0 N–H and O–H groups in total. The molecule has 0 radical (unpaired) electrons. The molecule has 5 nitrogen and oxygen atoms in total. The summed E-state index contributed by atoms with van der Waals surface area (Å²) in [5.41, 5.74) is 1.35. The van der Waals surface area contributed by atoms with Crippen LogP contribution in [0, 0.1) is 0 Å². The predicted molar refractivity (Wildman–Crippen MR) is 124 cm³/mol. The molecule has 2 aromatic rings. The van der Waals surface area contributed by atoms with Crippen molar-refractivity contribution in [3.63, 3.8) is 0 Å². The van der Waals surface area contributed by atoms with Crippen molar-refractivity contribution in [2.45, 2.75) is 77.2 Å². The van der Waals surface area contributed by atoms with Gasteiger partial charge in [-0.15, -0.1) is 0 Å². The molecule has 1 saturated heterocycles. The zero-order valence-corrected chi connectivity index (χ0v) is 19.2. The smallest absolute Gasteiger partial charge is 0.343 e. The molecule has 2 aromatic carbocycles. The Morgan fingerprint density at radius 1 is 0.906 bits per heavy atom. The third-order valence-corrected chi connectivity index (χ3v) is 5.81. The lowest BCUT2D eigenvalue weighted by atomic mass is 9.91. The third-order valence-electron chi connectivity index (χ3n) is 5.81.